The average molecular weight is 362 g/mol. The number of aromatic amines is 1. The van der Waals surface area contributed by atoms with Gasteiger partial charge in [-0.2, -0.15) is 5.10 Å². The van der Waals surface area contributed by atoms with Crippen molar-refractivity contribution >= 4 is 10.0 Å². The van der Waals surface area contributed by atoms with Crippen LogP contribution in [-0.2, 0) is 10.0 Å². The minimum Gasteiger partial charge on any atom is -0.295 e. The largest absolute Gasteiger partial charge is 0.295 e. The Balaban J connectivity index is 1.81. The van der Waals surface area contributed by atoms with Gasteiger partial charge < -0.3 is 0 Å². The Hall–Kier alpha value is -1.70. The lowest BCUT2D eigenvalue weighted by Gasteiger charge is -2.35. The summed E-state index contributed by atoms with van der Waals surface area (Å²) in [5.74, 6) is 0. The number of hydrogen-bond acceptors (Lipinski definition) is 4. The van der Waals surface area contributed by atoms with E-state index in [1.54, 1.807) is 13.8 Å². The van der Waals surface area contributed by atoms with Crippen molar-refractivity contribution in [2.45, 2.75) is 44.0 Å². The molecule has 1 aromatic heterocycles. The van der Waals surface area contributed by atoms with Crippen LogP contribution in [0.1, 0.15) is 42.3 Å². The minimum absolute atomic E-state index is 0.0452. The molecule has 0 radical (unpaired) electrons. The second-order valence-corrected chi connectivity index (χ2v) is 8.34. The summed E-state index contributed by atoms with van der Waals surface area (Å²) in [6.07, 6.45) is 3.57. The van der Waals surface area contributed by atoms with E-state index in [-0.39, 0.29) is 10.9 Å². The topological polar surface area (TPSA) is 78.1 Å². The molecule has 1 aliphatic heterocycles. The molecular formula is C18H26N4O2S. The molecule has 2 heterocycles. The third-order valence-corrected chi connectivity index (χ3v) is 6.50. The van der Waals surface area contributed by atoms with Gasteiger partial charge in [-0.05, 0) is 45.3 Å². The summed E-state index contributed by atoms with van der Waals surface area (Å²) in [6, 6.07) is 10.2. The molecule has 1 aromatic carbocycles. The molecule has 1 aliphatic rings. The van der Waals surface area contributed by atoms with Crippen LogP contribution in [0.4, 0.5) is 0 Å². The SMILES string of the molecule is Cc1n[nH]c(C)c1S(=O)(=O)NC[C@H](c1ccccc1)N1CCCCC1. The van der Waals surface area contributed by atoms with Crippen LogP contribution < -0.4 is 4.72 Å². The summed E-state index contributed by atoms with van der Waals surface area (Å²) >= 11 is 0. The van der Waals surface area contributed by atoms with E-state index in [4.69, 9.17) is 0 Å². The zero-order chi connectivity index (χ0) is 17.9. The summed E-state index contributed by atoms with van der Waals surface area (Å²) < 4.78 is 28.3. The van der Waals surface area contributed by atoms with Gasteiger partial charge in [0, 0.05) is 12.6 Å². The number of benzene rings is 1. The molecule has 0 spiro atoms. The Morgan fingerprint density at radius 2 is 1.84 bits per heavy atom. The molecule has 136 valence electrons. The Morgan fingerprint density at radius 3 is 2.44 bits per heavy atom. The summed E-state index contributed by atoms with van der Waals surface area (Å²) in [5.41, 5.74) is 2.21. The van der Waals surface area contributed by atoms with E-state index in [1.165, 1.54) is 6.42 Å². The maximum Gasteiger partial charge on any atom is 0.244 e. The number of aromatic nitrogens is 2. The highest BCUT2D eigenvalue weighted by Gasteiger charge is 2.27. The third-order valence-electron chi connectivity index (χ3n) is 4.81. The van der Waals surface area contributed by atoms with Crippen LogP contribution in [0.3, 0.4) is 0 Å². The quantitative estimate of drug-likeness (QED) is 0.828. The molecule has 0 unspecified atom stereocenters. The zero-order valence-corrected chi connectivity index (χ0v) is 15.6. The molecule has 1 atom stereocenters. The highest BCUT2D eigenvalue weighted by atomic mass is 32.2. The van der Waals surface area contributed by atoms with Gasteiger partial charge in [-0.1, -0.05) is 36.8 Å². The Morgan fingerprint density at radius 1 is 1.16 bits per heavy atom. The Kier molecular flexibility index (Phi) is 5.56. The molecular weight excluding hydrogens is 336 g/mol. The van der Waals surface area contributed by atoms with E-state index in [0.717, 1.165) is 31.5 Å². The van der Waals surface area contributed by atoms with Crippen molar-refractivity contribution < 1.29 is 8.42 Å². The number of rotatable bonds is 6. The van der Waals surface area contributed by atoms with Gasteiger partial charge in [0.25, 0.3) is 0 Å². The zero-order valence-electron chi connectivity index (χ0n) is 14.8. The number of hydrogen-bond donors (Lipinski definition) is 2. The van der Waals surface area contributed by atoms with Gasteiger partial charge in [-0.3, -0.25) is 10.00 Å². The molecule has 6 nitrogen and oxygen atoms in total. The van der Waals surface area contributed by atoms with Crippen LogP contribution in [0.15, 0.2) is 35.2 Å². The van der Waals surface area contributed by atoms with E-state index in [1.807, 2.05) is 18.2 Å². The van der Waals surface area contributed by atoms with E-state index in [9.17, 15) is 8.42 Å². The van der Waals surface area contributed by atoms with E-state index in [0.29, 0.717) is 17.9 Å². The standard InChI is InChI=1S/C18H26N4O2S/c1-14-18(15(2)21-20-14)25(23,24)19-13-17(16-9-5-3-6-10-16)22-11-7-4-8-12-22/h3,5-6,9-10,17,19H,4,7-8,11-13H2,1-2H3,(H,20,21)/t17-/m1/s1. The molecule has 1 saturated heterocycles. The van der Waals surface area contributed by atoms with Crippen molar-refractivity contribution in [1.82, 2.24) is 19.8 Å². The van der Waals surface area contributed by atoms with Gasteiger partial charge >= 0.3 is 0 Å². The Labute approximate surface area is 149 Å². The van der Waals surface area contributed by atoms with Gasteiger partial charge in [0.1, 0.15) is 4.90 Å². The molecule has 1 fully saturated rings. The van der Waals surface area contributed by atoms with Gasteiger partial charge in [0.2, 0.25) is 10.0 Å². The molecule has 2 N–H and O–H groups in total. The fourth-order valence-corrected chi connectivity index (χ4v) is 4.97. The average Bonchev–Trinajstić information content (AvgIpc) is 2.96. The van der Waals surface area contributed by atoms with Gasteiger partial charge in [0.15, 0.2) is 0 Å². The van der Waals surface area contributed by atoms with Crippen LogP contribution in [0.2, 0.25) is 0 Å². The highest BCUT2D eigenvalue weighted by Crippen LogP contribution is 2.25. The minimum atomic E-state index is -3.59. The molecule has 25 heavy (non-hydrogen) atoms. The van der Waals surface area contributed by atoms with Crippen molar-refractivity contribution in [1.29, 1.82) is 0 Å². The number of sulfonamides is 1. The number of nitrogens with zero attached hydrogens (tertiary/aromatic N) is 2. The lowest BCUT2D eigenvalue weighted by atomic mass is 10.0. The smallest absolute Gasteiger partial charge is 0.244 e. The van der Waals surface area contributed by atoms with E-state index >= 15 is 0 Å². The third kappa shape index (κ3) is 4.11. The van der Waals surface area contributed by atoms with Crippen LogP contribution in [0, 0.1) is 13.8 Å². The summed E-state index contributed by atoms with van der Waals surface area (Å²) in [6.45, 7) is 5.80. The first-order chi connectivity index (χ1) is 12.0. The highest BCUT2D eigenvalue weighted by molar-refractivity contribution is 7.89. The molecule has 2 aromatic rings. The van der Waals surface area contributed by atoms with Crippen LogP contribution in [0.25, 0.3) is 0 Å². The predicted molar refractivity (Wildman–Crippen MR) is 97.9 cm³/mol. The normalized spacial score (nSPS) is 17.5. The van der Waals surface area contributed by atoms with Gasteiger partial charge in [0.05, 0.1) is 11.4 Å². The maximum atomic E-state index is 12.8. The van der Waals surface area contributed by atoms with Crippen molar-refractivity contribution in [3.8, 4) is 0 Å². The second kappa shape index (κ2) is 7.68. The lowest BCUT2D eigenvalue weighted by molar-refractivity contribution is 0.164. The van der Waals surface area contributed by atoms with E-state index in [2.05, 4.69) is 32.0 Å². The molecule has 0 aliphatic carbocycles. The van der Waals surface area contributed by atoms with E-state index < -0.39 is 10.0 Å². The van der Waals surface area contributed by atoms with Crippen molar-refractivity contribution in [2.24, 2.45) is 0 Å². The first-order valence-electron chi connectivity index (χ1n) is 8.79. The van der Waals surface area contributed by atoms with Crippen LogP contribution in [-0.4, -0.2) is 43.1 Å². The molecule has 0 amide bonds. The van der Waals surface area contributed by atoms with Gasteiger partial charge in [-0.25, -0.2) is 13.1 Å². The monoisotopic (exact) mass is 362 g/mol. The fraction of sp³-hybridized carbons (Fsp3) is 0.500. The maximum absolute atomic E-state index is 12.8. The Bertz CT molecular complexity index is 776. The number of nitrogens with one attached hydrogen (secondary N) is 2. The van der Waals surface area contributed by atoms with Crippen LogP contribution >= 0.6 is 0 Å². The first-order valence-corrected chi connectivity index (χ1v) is 10.3. The number of piperidine rings is 1. The summed E-state index contributed by atoms with van der Waals surface area (Å²) in [5, 5.41) is 6.75. The van der Waals surface area contributed by atoms with Crippen LogP contribution in [0.5, 0.6) is 0 Å². The molecule has 0 bridgehead atoms. The van der Waals surface area contributed by atoms with Crippen molar-refractivity contribution in [3.05, 3.63) is 47.3 Å². The fourth-order valence-electron chi connectivity index (χ4n) is 3.56. The molecule has 3 rings (SSSR count). The lowest BCUT2D eigenvalue weighted by Crippen LogP contribution is -2.40. The number of H-pyrrole nitrogens is 1. The second-order valence-electron chi connectivity index (χ2n) is 6.64. The summed E-state index contributed by atoms with van der Waals surface area (Å²) in [4.78, 5) is 2.65. The predicted octanol–water partition coefficient (Wildman–Crippen LogP) is 2.53. The van der Waals surface area contributed by atoms with Crippen molar-refractivity contribution in [3.63, 3.8) is 0 Å². The first kappa shape index (κ1) is 18.1. The number of aryl methyl sites for hydroxylation is 2. The van der Waals surface area contributed by atoms with Crippen molar-refractivity contribution in [2.75, 3.05) is 19.6 Å². The molecule has 0 saturated carbocycles. The summed E-state index contributed by atoms with van der Waals surface area (Å²) in [7, 11) is -3.59. The van der Waals surface area contributed by atoms with Gasteiger partial charge in [-0.15, -0.1) is 0 Å². The molecule has 7 heteroatoms. The number of likely N-dealkylation sites (tertiary alicyclic amines) is 1.